The maximum Gasteiger partial charge on any atom is 0.326 e. The molecule has 0 aliphatic heterocycles. The molecule has 0 aliphatic rings. The Bertz CT molecular complexity index is 692. The van der Waals surface area contributed by atoms with Gasteiger partial charge >= 0.3 is 5.97 Å². The van der Waals surface area contributed by atoms with Crippen LogP contribution < -0.4 is 5.32 Å². The third-order valence-corrected chi connectivity index (χ3v) is 3.01. The zero-order chi connectivity index (χ0) is 17.0. The summed E-state index contributed by atoms with van der Waals surface area (Å²) in [5, 5.41) is 23.1. The van der Waals surface area contributed by atoms with E-state index in [1.807, 2.05) is 20.8 Å². The van der Waals surface area contributed by atoms with Crippen molar-refractivity contribution in [2.75, 3.05) is 0 Å². The van der Waals surface area contributed by atoms with Crippen LogP contribution in [-0.4, -0.2) is 48.2 Å². The van der Waals surface area contributed by atoms with E-state index in [-0.39, 0.29) is 12.2 Å². The predicted octanol–water partition coefficient (Wildman–Crippen LogP) is 0.249. The van der Waals surface area contributed by atoms with Crippen molar-refractivity contribution in [2.24, 2.45) is 0 Å². The third-order valence-electron chi connectivity index (χ3n) is 3.01. The minimum absolute atomic E-state index is 0.136. The number of tetrazole rings is 1. The largest absolute Gasteiger partial charge is 0.480 e. The highest BCUT2D eigenvalue weighted by atomic mass is 16.4. The zero-order valence-electron chi connectivity index (χ0n) is 13.1. The SMILES string of the molecule is CC(C)(C)n1nnc(C(=O)NC(Cc2ccncc2)C(=O)O)n1. The Morgan fingerprint density at radius 2 is 1.96 bits per heavy atom. The van der Waals surface area contributed by atoms with Gasteiger partial charge in [-0.2, -0.15) is 4.80 Å². The van der Waals surface area contributed by atoms with E-state index in [1.165, 1.54) is 4.80 Å². The number of carboxylic acid groups (broad SMARTS) is 1. The van der Waals surface area contributed by atoms with Crippen LogP contribution in [0, 0.1) is 0 Å². The monoisotopic (exact) mass is 318 g/mol. The van der Waals surface area contributed by atoms with Crippen molar-refractivity contribution in [1.82, 2.24) is 30.5 Å². The number of hydrogen-bond acceptors (Lipinski definition) is 6. The molecule has 1 unspecified atom stereocenters. The fourth-order valence-electron chi connectivity index (χ4n) is 1.77. The molecule has 122 valence electrons. The van der Waals surface area contributed by atoms with Crippen LogP contribution in [0.4, 0.5) is 0 Å². The summed E-state index contributed by atoms with van der Waals surface area (Å²) in [6.45, 7) is 5.58. The first-order chi connectivity index (χ1) is 10.8. The number of nitrogens with zero attached hydrogens (tertiary/aromatic N) is 5. The smallest absolute Gasteiger partial charge is 0.326 e. The lowest BCUT2D eigenvalue weighted by Gasteiger charge is -2.15. The second-order valence-electron chi connectivity index (χ2n) is 6.00. The Hall–Kier alpha value is -2.84. The van der Waals surface area contributed by atoms with Gasteiger partial charge in [0, 0.05) is 18.8 Å². The molecule has 2 rings (SSSR count). The van der Waals surface area contributed by atoms with Crippen LogP contribution in [0.2, 0.25) is 0 Å². The van der Waals surface area contributed by atoms with Gasteiger partial charge in [0.05, 0.1) is 5.54 Å². The summed E-state index contributed by atoms with van der Waals surface area (Å²) < 4.78 is 0. The molecule has 2 aromatic heterocycles. The van der Waals surface area contributed by atoms with Gasteiger partial charge in [0.2, 0.25) is 0 Å². The van der Waals surface area contributed by atoms with Crippen molar-refractivity contribution < 1.29 is 14.7 Å². The van der Waals surface area contributed by atoms with Gasteiger partial charge in [-0.3, -0.25) is 9.78 Å². The molecule has 9 heteroatoms. The molecule has 2 aromatic rings. The second kappa shape index (κ2) is 6.51. The van der Waals surface area contributed by atoms with Gasteiger partial charge in [0.25, 0.3) is 11.7 Å². The lowest BCUT2D eigenvalue weighted by molar-refractivity contribution is -0.139. The van der Waals surface area contributed by atoms with E-state index >= 15 is 0 Å². The molecule has 0 bridgehead atoms. The molecular formula is C14H18N6O3. The number of carbonyl (C=O) groups excluding carboxylic acids is 1. The zero-order valence-corrected chi connectivity index (χ0v) is 13.1. The molecule has 0 saturated carbocycles. The van der Waals surface area contributed by atoms with Crippen molar-refractivity contribution in [3.8, 4) is 0 Å². The molecule has 2 N–H and O–H groups in total. The number of amides is 1. The van der Waals surface area contributed by atoms with E-state index in [4.69, 9.17) is 0 Å². The van der Waals surface area contributed by atoms with Gasteiger partial charge in [0.1, 0.15) is 6.04 Å². The highest BCUT2D eigenvalue weighted by molar-refractivity contribution is 5.93. The molecule has 0 spiro atoms. The summed E-state index contributed by atoms with van der Waals surface area (Å²) in [5.74, 6) is -1.98. The Morgan fingerprint density at radius 3 is 2.48 bits per heavy atom. The minimum atomic E-state index is -1.14. The summed E-state index contributed by atoms with van der Waals surface area (Å²) in [4.78, 5) is 28.6. The van der Waals surface area contributed by atoms with Gasteiger partial charge in [-0.25, -0.2) is 4.79 Å². The number of nitrogens with one attached hydrogen (secondary N) is 1. The lowest BCUT2D eigenvalue weighted by Crippen LogP contribution is -2.42. The maximum absolute atomic E-state index is 12.1. The molecule has 2 heterocycles. The number of carboxylic acids is 1. The van der Waals surface area contributed by atoms with Crippen LogP contribution in [0.15, 0.2) is 24.5 Å². The standard InChI is InChI=1S/C14H18N6O3/c1-14(2,3)20-18-11(17-19-20)12(21)16-10(13(22)23)8-9-4-6-15-7-5-9/h4-7,10H,8H2,1-3H3,(H,16,21)(H,22,23). The first-order valence-corrected chi connectivity index (χ1v) is 7.00. The summed E-state index contributed by atoms with van der Waals surface area (Å²) in [6.07, 6.45) is 3.26. The molecule has 0 aliphatic carbocycles. The maximum atomic E-state index is 12.1. The van der Waals surface area contributed by atoms with Gasteiger partial charge in [0.15, 0.2) is 0 Å². The van der Waals surface area contributed by atoms with Gasteiger partial charge in [-0.05, 0) is 43.7 Å². The Morgan fingerprint density at radius 1 is 1.30 bits per heavy atom. The van der Waals surface area contributed by atoms with E-state index in [9.17, 15) is 14.7 Å². The van der Waals surface area contributed by atoms with Crippen LogP contribution in [0.1, 0.15) is 37.0 Å². The molecule has 0 fully saturated rings. The van der Waals surface area contributed by atoms with E-state index in [2.05, 4.69) is 25.7 Å². The number of rotatable bonds is 5. The lowest BCUT2D eigenvalue weighted by atomic mass is 10.1. The number of pyridine rings is 1. The van der Waals surface area contributed by atoms with Gasteiger partial charge in [-0.15, -0.1) is 10.2 Å². The Labute approximate surface area is 132 Å². The minimum Gasteiger partial charge on any atom is -0.480 e. The van der Waals surface area contributed by atoms with Crippen LogP contribution in [0.3, 0.4) is 0 Å². The number of aromatic nitrogens is 5. The van der Waals surface area contributed by atoms with E-state index in [1.54, 1.807) is 24.5 Å². The summed E-state index contributed by atoms with van der Waals surface area (Å²) in [7, 11) is 0. The van der Waals surface area contributed by atoms with Gasteiger partial charge < -0.3 is 10.4 Å². The van der Waals surface area contributed by atoms with Crippen LogP contribution in [0.25, 0.3) is 0 Å². The molecule has 0 radical (unpaired) electrons. The second-order valence-corrected chi connectivity index (χ2v) is 6.00. The van der Waals surface area contributed by atoms with Crippen molar-refractivity contribution in [3.05, 3.63) is 35.9 Å². The normalized spacial score (nSPS) is 12.7. The highest BCUT2D eigenvalue weighted by Crippen LogP contribution is 2.09. The quantitative estimate of drug-likeness (QED) is 0.810. The van der Waals surface area contributed by atoms with Crippen molar-refractivity contribution in [1.29, 1.82) is 0 Å². The molecule has 23 heavy (non-hydrogen) atoms. The first kappa shape index (κ1) is 16.5. The van der Waals surface area contributed by atoms with Crippen molar-refractivity contribution >= 4 is 11.9 Å². The van der Waals surface area contributed by atoms with Crippen LogP contribution >= 0.6 is 0 Å². The van der Waals surface area contributed by atoms with Crippen molar-refractivity contribution in [2.45, 2.75) is 38.8 Å². The predicted molar refractivity (Wildman–Crippen MR) is 79.6 cm³/mol. The van der Waals surface area contributed by atoms with Crippen molar-refractivity contribution in [3.63, 3.8) is 0 Å². The number of hydrogen-bond donors (Lipinski definition) is 2. The average molecular weight is 318 g/mol. The molecular weight excluding hydrogens is 300 g/mol. The van der Waals surface area contributed by atoms with E-state index in [0.29, 0.717) is 0 Å². The third kappa shape index (κ3) is 4.31. The van der Waals surface area contributed by atoms with Crippen LogP contribution in [0.5, 0.6) is 0 Å². The summed E-state index contributed by atoms with van der Waals surface area (Å²) >= 11 is 0. The average Bonchev–Trinajstić information content (AvgIpc) is 2.97. The van der Waals surface area contributed by atoms with E-state index < -0.39 is 23.5 Å². The number of aliphatic carboxylic acids is 1. The Kier molecular flexibility index (Phi) is 4.68. The topological polar surface area (TPSA) is 123 Å². The molecule has 0 saturated heterocycles. The molecule has 9 nitrogen and oxygen atoms in total. The molecule has 1 amide bonds. The molecule has 1 atom stereocenters. The van der Waals surface area contributed by atoms with E-state index in [0.717, 1.165) is 5.56 Å². The summed E-state index contributed by atoms with van der Waals surface area (Å²) in [6, 6.07) is 2.29. The molecule has 0 aromatic carbocycles. The Balaban J connectivity index is 2.09. The summed E-state index contributed by atoms with van der Waals surface area (Å²) in [5.41, 5.74) is 0.327. The fourth-order valence-corrected chi connectivity index (χ4v) is 1.77. The van der Waals surface area contributed by atoms with Gasteiger partial charge in [-0.1, -0.05) is 0 Å². The van der Waals surface area contributed by atoms with Crippen LogP contribution in [-0.2, 0) is 16.8 Å². The fraction of sp³-hybridized carbons (Fsp3) is 0.429. The first-order valence-electron chi connectivity index (χ1n) is 7.00. The highest BCUT2D eigenvalue weighted by Gasteiger charge is 2.25. The number of carbonyl (C=O) groups is 2.